The Kier molecular flexibility index (Phi) is 4.78. The fourth-order valence-corrected chi connectivity index (χ4v) is 3.98. The Balaban J connectivity index is 1.45. The minimum Gasteiger partial charge on any atom is -0.454 e. The maximum absolute atomic E-state index is 12.7. The Hall–Kier alpha value is -2.54. The van der Waals surface area contributed by atoms with Crippen molar-refractivity contribution in [2.75, 3.05) is 26.9 Å². The van der Waals surface area contributed by atoms with E-state index in [9.17, 15) is 4.79 Å². The van der Waals surface area contributed by atoms with Crippen molar-refractivity contribution in [2.24, 2.45) is 0 Å². The number of carbonyl (C=O) groups excluding carboxylic acids is 1. The number of fused-ring (bicyclic) bond motifs is 1. The number of aromatic nitrogens is 2. The lowest BCUT2D eigenvalue weighted by Gasteiger charge is -2.31. The molecule has 1 aromatic heterocycles. The molecule has 7 nitrogen and oxygen atoms in total. The minimum absolute atomic E-state index is 0.139. The molecule has 0 bridgehead atoms. The number of amides is 1. The molecule has 0 unspecified atom stereocenters. The number of imidazole rings is 1. The van der Waals surface area contributed by atoms with E-state index in [4.69, 9.17) is 9.47 Å². The van der Waals surface area contributed by atoms with E-state index < -0.39 is 0 Å². The van der Waals surface area contributed by atoms with Crippen LogP contribution in [0.4, 0.5) is 0 Å². The van der Waals surface area contributed by atoms with Gasteiger partial charge in [0.1, 0.15) is 11.5 Å². The minimum atomic E-state index is -0.139. The van der Waals surface area contributed by atoms with E-state index >= 15 is 0 Å². The lowest BCUT2D eigenvalue weighted by Crippen LogP contribution is -2.32. The quantitative estimate of drug-likeness (QED) is 0.895. The Labute approximate surface area is 159 Å². The number of aryl methyl sites for hydroxylation is 1. The average molecular weight is 370 g/mol. The summed E-state index contributed by atoms with van der Waals surface area (Å²) in [5, 5.41) is 2.98. The largest absolute Gasteiger partial charge is 0.454 e. The Bertz CT molecular complexity index is 853. The van der Waals surface area contributed by atoms with E-state index in [1.165, 1.54) is 0 Å². The first-order valence-corrected chi connectivity index (χ1v) is 9.43. The zero-order valence-electron chi connectivity index (χ0n) is 16.1. The second kappa shape index (κ2) is 7.23. The highest BCUT2D eigenvalue weighted by Crippen LogP contribution is 2.32. The molecule has 2 aliphatic rings. The first kappa shape index (κ1) is 17.9. The Morgan fingerprint density at radius 3 is 2.74 bits per heavy atom. The van der Waals surface area contributed by atoms with Crippen LogP contribution in [0.2, 0.25) is 0 Å². The van der Waals surface area contributed by atoms with Crippen LogP contribution in [-0.4, -0.2) is 47.3 Å². The van der Waals surface area contributed by atoms with Gasteiger partial charge in [0, 0.05) is 18.3 Å². The van der Waals surface area contributed by atoms with E-state index in [2.05, 4.69) is 26.8 Å². The third-order valence-electron chi connectivity index (χ3n) is 5.48. The van der Waals surface area contributed by atoms with Crippen molar-refractivity contribution in [1.82, 2.24) is 19.8 Å². The zero-order chi connectivity index (χ0) is 19.0. The highest BCUT2D eigenvalue weighted by Gasteiger charge is 2.25. The summed E-state index contributed by atoms with van der Waals surface area (Å²) >= 11 is 0. The lowest BCUT2D eigenvalue weighted by molar-refractivity contribution is 0.0945. The second-order valence-electron chi connectivity index (χ2n) is 7.37. The van der Waals surface area contributed by atoms with Crippen LogP contribution < -0.4 is 14.8 Å². The predicted octanol–water partition coefficient (Wildman–Crippen LogP) is 2.43. The van der Waals surface area contributed by atoms with Crippen molar-refractivity contribution < 1.29 is 14.3 Å². The van der Waals surface area contributed by atoms with Crippen molar-refractivity contribution in [3.8, 4) is 11.5 Å². The summed E-state index contributed by atoms with van der Waals surface area (Å²) in [6.45, 7) is 6.81. The number of ether oxygens (including phenoxy) is 2. The number of nitrogens with one attached hydrogen (secondary N) is 1. The average Bonchev–Trinajstić information content (AvgIpc) is 3.24. The highest BCUT2D eigenvalue weighted by atomic mass is 16.7. The van der Waals surface area contributed by atoms with Crippen LogP contribution in [0.25, 0.3) is 0 Å². The Morgan fingerprint density at radius 1 is 1.22 bits per heavy atom. The van der Waals surface area contributed by atoms with E-state index in [-0.39, 0.29) is 12.7 Å². The van der Waals surface area contributed by atoms with E-state index in [1.807, 2.05) is 32.0 Å². The number of piperidine rings is 1. The third-order valence-corrected chi connectivity index (χ3v) is 5.48. The molecule has 3 heterocycles. The number of hydrogen-bond acceptors (Lipinski definition) is 5. The van der Waals surface area contributed by atoms with Gasteiger partial charge < -0.3 is 24.3 Å². The van der Waals surface area contributed by atoms with Gasteiger partial charge in [-0.05, 0) is 64.5 Å². The first-order chi connectivity index (χ1) is 13.0. The van der Waals surface area contributed by atoms with E-state index in [0.717, 1.165) is 54.5 Å². The molecule has 0 saturated carbocycles. The summed E-state index contributed by atoms with van der Waals surface area (Å²) in [7, 11) is 2.15. The molecule has 1 N–H and O–H groups in total. The van der Waals surface area contributed by atoms with Crippen LogP contribution in [-0.2, 0) is 6.54 Å². The molecule has 0 atom stereocenters. The molecule has 7 heteroatoms. The highest BCUT2D eigenvalue weighted by molar-refractivity contribution is 5.93. The monoisotopic (exact) mass is 370 g/mol. The summed E-state index contributed by atoms with van der Waals surface area (Å²) in [4.78, 5) is 19.6. The molecule has 2 aromatic rings. The van der Waals surface area contributed by atoms with Crippen molar-refractivity contribution >= 4 is 5.91 Å². The van der Waals surface area contributed by atoms with Gasteiger partial charge in [-0.25, -0.2) is 4.98 Å². The molecule has 0 aliphatic carbocycles. The van der Waals surface area contributed by atoms with Gasteiger partial charge in [-0.1, -0.05) is 6.07 Å². The molecule has 1 amide bonds. The number of rotatable bonds is 4. The van der Waals surface area contributed by atoms with Crippen molar-refractivity contribution in [3.05, 3.63) is 41.0 Å². The SMILES string of the molecule is Cc1nc(C(=O)NCc2ccc3c(c2)OCO3)c(C)n1C1CCN(C)CC1. The molecule has 1 aromatic carbocycles. The standard InChI is InChI=1S/C20H26N4O3/c1-13-19(22-14(2)24(13)16-6-8-23(3)9-7-16)20(25)21-11-15-4-5-17-18(10-15)27-12-26-17/h4-5,10,16H,6-9,11-12H2,1-3H3,(H,21,25). The molecule has 0 spiro atoms. The molecule has 2 aliphatic heterocycles. The lowest BCUT2D eigenvalue weighted by atomic mass is 10.0. The van der Waals surface area contributed by atoms with Gasteiger partial charge in [0.05, 0.1) is 0 Å². The summed E-state index contributed by atoms with van der Waals surface area (Å²) in [6, 6.07) is 6.12. The fraction of sp³-hybridized carbons (Fsp3) is 0.500. The molecule has 0 radical (unpaired) electrons. The molecular weight excluding hydrogens is 344 g/mol. The maximum atomic E-state index is 12.7. The fourth-order valence-electron chi connectivity index (χ4n) is 3.98. The summed E-state index contributed by atoms with van der Waals surface area (Å²) < 4.78 is 12.9. The molecule has 1 saturated heterocycles. The first-order valence-electron chi connectivity index (χ1n) is 9.43. The van der Waals surface area contributed by atoms with Crippen LogP contribution in [0.15, 0.2) is 18.2 Å². The van der Waals surface area contributed by atoms with Crippen molar-refractivity contribution in [2.45, 2.75) is 39.3 Å². The van der Waals surface area contributed by atoms with Crippen LogP contribution in [0.3, 0.4) is 0 Å². The van der Waals surface area contributed by atoms with Crippen molar-refractivity contribution in [3.63, 3.8) is 0 Å². The summed E-state index contributed by atoms with van der Waals surface area (Å²) in [5.74, 6) is 2.24. The van der Waals surface area contributed by atoms with Gasteiger partial charge in [0.15, 0.2) is 11.5 Å². The van der Waals surface area contributed by atoms with E-state index in [1.54, 1.807) is 0 Å². The normalized spacial score (nSPS) is 17.3. The van der Waals surface area contributed by atoms with Gasteiger partial charge in [-0.3, -0.25) is 4.79 Å². The summed E-state index contributed by atoms with van der Waals surface area (Å²) in [5.41, 5.74) is 2.44. The number of carbonyl (C=O) groups is 1. The topological polar surface area (TPSA) is 68.6 Å². The number of benzene rings is 1. The van der Waals surface area contributed by atoms with Gasteiger partial charge in [0.25, 0.3) is 5.91 Å². The third kappa shape index (κ3) is 3.51. The molecule has 1 fully saturated rings. The van der Waals surface area contributed by atoms with Crippen LogP contribution in [0, 0.1) is 13.8 Å². The zero-order valence-corrected chi connectivity index (χ0v) is 16.1. The number of likely N-dealkylation sites (tertiary alicyclic amines) is 1. The van der Waals surface area contributed by atoms with Gasteiger partial charge >= 0.3 is 0 Å². The van der Waals surface area contributed by atoms with Gasteiger partial charge in [-0.15, -0.1) is 0 Å². The predicted molar refractivity (Wildman–Crippen MR) is 101 cm³/mol. The summed E-state index contributed by atoms with van der Waals surface area (Å²) in [6.07, 6.45) is 2.18. The van der Waals surface area contributed by atoms with E-state index in [0.29, 0.717) is 18.3 Å². The van der Waals surface area contributed by atoms with Crippen molar-refractivity contribution in [1.29, 1.82) is 0 Å². The molecule has 27 heavy (non-hydrogen) atoms. The number of nitrogens with zero attached hydrogens (tertiary/aromatic N) is 3. The van der Waals surface area contributed by atoms with Crippen LogP contribution >= 0.6 is 0 Å². The molecule has 144 valence electrons. The second-order valence-corrected chi connectivity index (χ2v) is 7.37. The van der Waals surface area contributed by atoms with Crippen LogP contribution in [0.1, 0.15) is 46.5 Å². The Morgan fingerprint density at radius 2 is 1.96 bits per heavy atom. The van der Waals surface area contributed by atoms with Gasteiger partial charge in [0.2, 0.25) is 6.79 Å². The maximum Gasteiger partial charge on any atom is 0.272 e. The smallest absolute Gasteiger partial charge is 0.272 e. The number of hydrogen-bond donors (Lipinski definition) is 1. The van der Waals surface area contributed by atoms with Crippen LogP contribution in [0.5, 0.6) is 11.5 Å². The molecule has 4 rings (SSSR count). The molecular formula is C20H26N4O3. The van der Waals surface area contributed by atoms with Gasteiger partial charge in [-0.2, -0.15) is 0 Å².